The zero-order valence-corrected chi connectivity index (χ0v) is 13.5. The van der Waals surface area contributed by atoms with E-state index in [1.54, 1.807) is 0 Å². The minimum Gasteiger partial charge on any atom is -0.381 e. The van der Waals surface area contributed by atoms with Gasteiger partial charge in [-0.25, -0.2) is 0 Å². The Balaban J connectivity index is 1.73. The van der Waals surface area contributed by atoms with Crippen LogP contribution in [0.3, 0.4) is 0 Å². The molecule has 2 aliphatic carbocycles. The summed E-state index contributed by atoms with van der Waals surface area (Å²) in [7, 11) is 1.82. The van der Waals surface area contributed by atoms with Crippen LogP contribution in [0.2, 0.25) is 0 Å². The summed E-state index contributed by atoms with van der Waals surface area (Å²) in [6.07, 6.45) is 3.91. The van der Waals surface area contributed by atoms with Crippen LogP contribution < -0.4 is 5.32 Å². The normalized spacial score (nSPS) is 31.9. The zero-order valence-electron chi connectivity index (χ0n) is 11.9. The fraction of sp³-hybridized carbons (Fsp3) is 0.625. The second-order valence-electron chi connectivity index (χ2n) is 6.40. The zero-order chi connectivity index (χ0) is 13.6. The van der Waals surface area contributed by atoms with E-state index < -0.39 is 0 Å². The lowest BCUT2D eigenvalue weighted by atomic mass is 9.64. The van der Waals surface area contributed by atoms with Gasteiger partial charge < -0.3 is 10.1 Å². The van der Waals surface area contributed by atoms with Crippen LogP contribution >= 0.6 is 15.9 Å². The standard InChI is InChI=1S/C16H22BrNO/c1-16(2)14(9-15(16)19-3)18-13-8-7-10-11(13)5-4-6-12(10)17/h4-6,13-15,18H,7-9H2,1-3H3. The Hall–Kier alpha value is -0.380. The molecule has 1 aromatic rings. The van der Waals surface area contributed by atoms with Crippen molar-refractivity contribution in [2.24, 2.45) is 5.41 Å². The number of fused-ring (bicyclic) bond motifs is 1. The average molecular weight is 324 g/mol. The highest BCUT2D eigenvalue weighted by molar-refractivity contribution is 9.10. The van der Waals surface area contributed by atoms with E-state index in [-0.39, 0.29) is 5.41 Å². The Bertz CT molecular complexity index is 486. The van der Waals surface area contributed by atoms with Gasteiger partial charge in [-0.1, -0.05) is 41.9 Å². The van der Waals surface area contributed by atoms with Gasteiger partial charge in [-0.2, -0.15) is 0 Å². The maximum absolute atomic E-state index is 5.54. The number of rotatable bonds is 3. The smallest absolute Gasteiger partial charge is 0.0652 e. The number of methoxy groups -OCH3 is 1. The second kappa shape index (κ2) is 4.87. The van der Waals surface area contributed by atoms with Crippen LogP contribution in [0.1, 0.15) is 43.9 Å². The summed E-state index contributed by atoms with van der Waals surface area (Å²) in [5.41, 5.74) is 3.20. The lowest BCUT2D eigenvalue weighted by Crippen LogP contribution is -2.61. The van der Waals surface area contributed by atoms with Crippen LogP contribution in [0.25, 0.3) is 0 Å². The van der Waals surface area contributed by atoms with Gasteiger partial charge in [-0.15, -0.1) is 0 Å². The molecule has 3 atom stereocenters. The number of hydrogen-bond donors (Lipinski definition) is 1. The Kier molecular flexibility index (Phi) is 3.48. The van der Waals surface area contributed by atoms with Gasteiger partial charge in [0.2, 0.25) is 0 Å². The highest BCUT2D eigenvalue weighted by atomic mass is 79.9. The van der Waals surface area contributed by atoms with Gasteiger partial charge in [0.15, 0.2) is 0 Å². The molecule has 1 saturated carbocycles. The van der Waals surface area contributed by atoms with E-state index in [4.69, 9.17) is 4.74 Å². The molecule has 3 heteroatoms. The Morgan fingerprint density at radius 2 is 2.16 bits per heavy atom. The highest BCUT2D eigenvalue weighted by Crippen LogP contribution is 2.45. The van der Waals surface area contributed by atoms with Crippen LogP contribution in [0, 0.1) is 5.41 Å². The third-order valence-electron chi connectivity index (χ3n) is 5.08. The van der Waals surface area contributed by atoms with Crippen molar-refractivity contribution in [1.82, 2.24) is 5.32 Å². The van der Waals surface area contributed by atoms with Crippen molar-refractivity contribution in [3.63, 3.8) is 0 Å². The first-order chi connectivity index (χ1) is 9.04. The summed E-state index contributed by atoms with van der Waals surface area (Å²) < 4.78 is 6.80. The molecule has 1 aromatic carbocycles. The van der Waals surface area contributed by atoms with Gasteiger partial charge in [0.1, 0.15) is 0 Å². The van der Waals surface area contributed by atoms with Crippen molar-refractivity contribution < 1.29 is 4.74 Å². The predicted molar refractivity (Wildman–Crippen MR) is 81.3 cm³/mol. The molecule has 2 aliphatic rings. The Morgan fingerprint density at radius 3 is 2.84 bits per heavy atom. The first-order valence-corrected chi connectivity index (χ1v) is 7.89. The molecule has 0 saturated heterocycles. The summed E-state index contributed by atoms with van der Waals surface area (Å²) in [6.45, 7) is 4.61. The topological polar surface area (TPSA) is 21.3 Å². The number of halogens is 1. The molecule has 0 radical (unpaired) electrons. The molecule has 0 aliphatic heterocycles. The van der Waals surface area contributed by atoms with E-state index in [0.29, 0.717) is 18.2 Å². The van der Waals surface area contributed by atoms with Crippen molar-refractivity contribution in [2.45, 2.75) is 51.3 Å². The lowest BCUT2D eigenvalue weighted by molar-refractivity contribution is -0.100. The molecule has 0 aromatic heterocycles. The van der Waals surface area contributed by atoms with Gasteiger partial charge in [0.05, 0.1) is 6.10 Å². The van der Waals surface area contributed by atoms with E-state index in [0.717, 1.165) is 6.42 Å². The molecular formula is C16H22BrNO. The van der Waals surface area contributed by atoms with Crippen molar-refractivity contribution in [2.75, 3.05) is 7.11 Å². The quantitative estimate of drug-likeness (QED) is 0.912. The minimum absolute atomic E-state index is 0.240. The fourth-order valence-corrected chi connectivity index (χ4v) is 4.17. The molecule has 1 fully saturated rings. The molecule has 1 N–H and O–H groups in total. The summed E-state index contributed by atoms with van der Waals surface area (Å²) in [6, 6.07) is 7.63. The Labute approximate surface area is 124 Å². The van der Waals surface area contributed by atoms with Gasteiger partial charge in [0.25, 0.3) is 0 Å². The lowest BCUT2D eigenvalue weighted by Gasteiger charge is -2.52. The third-order valence-corrected chi connectivity index (χ3v) is 5.82. The molecule has 3 unspecified atom stereocenters. The van der Waals surface area contributed by atoms with Crippen molar-refractivity contribution in [1.29, 1.82) is 0 Å². The van der Waals surface area contributed by atoms with Gasteiger partial charge in [-0.05, 0) is 36.5 Å². The SMILES string of the molecule is COC1CC(NC2CCc3c(Br)cccc32)C1(C)C. The Morgan fingerprint density at radius 1 is 1.37 bits per heavy atom. The molecule has 0 spiro atoms. The number of ether oxygens (including phenoxy) is 1. The average Bonchev–Trinajstić information content (AvgIpc) is 2.78. The summed E-state index contributed by atoms with van der Waals surface area (Å²) >= 11 is 3.67. The predicted octanol–water partition coefficient (Wildman–Crippen LogP) is 3.84. The highest BCUT2D eigenvalue weighted by Gasteiger charge is 2.49. The summed E-state index contributed by atoms with van der Waals surface area (Å²) in [5.74, 6) is 0. The maximum Gasteiger partial charge on any atom is 0.0652 e. The van der Waals surface area contributed by atoms with E-state index in [9.17, 15) is 0 Å². The van der Waals surface area contributed by atoms with E-state index >= 15 is 0 Å². The summed E-state index contributed by atoms with van der Waals surface area (Å²) in [5, 5.41) is 3.85. The van der Waals surface area contributed by atoms with Crippen molar-refractivity contribution >= 4 is 15.9 Å². The largest absolute Gasteiger partial charge is 0.381 e. The van der Waals surface area contributed by atoms with Crippen LogP contribution in [0.15, 0.2) is 22.7 Å². The van der Waals surface area contributed by atoms with Crippen LogP contribution in [-0.4, -0.2) is 19.3 Å². The molecule has 0 bridgehead atoms. The number of nitrogens with one attached hydrogen (secondary N) is 1. The monoisotopic (exact) mass is 323 g/mol. The molecular weight excluding hydrogens is 302 g/mol. The number of benzene rings is 1. The first-order valence-electron chi connectivity index (χ1n) is 7.10. The molecule has 3 rings (SSSR count). The van der Waals surface area contributed by atoms with Crippen LogP contribution in [0.5, 0.6) is 0 Å². The van der Waals surface area contributed by atoms with Crippen LogP contribution in [0.4, 0.5) is 0 Å². The number of hydrogen-bond acceptors (Lipinski definition) is 2. The van der Waals surface area contributed by atoms with E-state index in [2.05, 4.69) is 53.3 Å². The van der Waals surface area contributed by atoms with E-state index in [1.807, 2.05) is 7.11 Å². The van der Waals surface area contributed by atoms with Gasteiger partial charge >= 0.3 is 0 Å². The van der Waals surface area contributed by atoms with Gasteiger partial charge in [-0.3, -0.25) is 0 Å². The molecule has 0 amide bonds. The minimum atomic E-state index is 0.240. The molecule has 19 heavy (non-hydrogen) atoms. The van der Waals surface area contributed by atoms with Crippen molar-refractivity contribution in [3.05, 3.63) is 33.8 Å². The second-order valence-corrected chi connectivity index (χ2v) is 7.25. The van der Waals surface area contributed by atoms with Crippen LogP contribution in [-0.2, 0) is 11.2 Å². The van der Waals surface area contributed by atoms with E-state index in [1.165, 1.54) is 28.4 Å². The molecule has 104 valence electrons. The van der Waals surface area contributed by atoms with Gasteiger partial charge in [0, 0.05) is 29.1 Å². The first kappa shape index (κ1) is 13.6. The van der Waals surface area contributed by atoms with Crippen molar-refractivity contribution in [3.8, 4) is 0 Å². The molecule has 0 heterocycles. The third kappa shape index (κ3) is 2.16. The maximum atomic E-state index is 5.54. The molecule has 2 nitrogen and oxygen atoms in total. The fourth-order valence-electron chi connectivity index (χ4n) is 3.59. The summed E-state index contributed by atoms with van der Waals surface area (Å²) in [4.78, 5) is 0.